The maximum absolute atomic E-state index is 10.1. The molecule has 0 saturated heterocycles. The molecule has 0 fully saturated rings. The Kier molecular flexibility index (Phi) is 11.7. The number of carboxylic acid groups (broad SMARTS) is 1. The molecule has 0 aromatic rings. The zero-order valence-corrected chi connectivity index (χ0v) is 9.59. The van der Waals surface area contributed by atoms with Crippen LogP contribution in [0.3, 0.4) is 0 Å². The van der Waals surface area contributed by atoms with E-state index in [4.69, 9.17) is 10.5 Å². The molecule has 0 aliphatic rings. The van der Waals surface area contributed by atoms with Crippen LogP contribution in [-0.2, 0) is 4.79 Å². The van der Waals surface area contributed by atoms with E-state index in [1.165, 1.54) is 0 Å². The number of carboxylic acids is 1. The average Bonchev–Trinajstić information content (AvgIpc) is 1.95. The van der Waals surface area contributed by atoms with Gasteiger partial charge < -0.3 is 26.3 Å². The van der Waals surface area contributed by atoms with E-state index in [0.717, 1.165) is 0 Å². The molecule has 0 amide bonds. The summed E-state index contributed by atoms with van der Waals surface area (Å²) in [6.07, 6.45) is 0. The monoisotopic (exact) mass is 197 g/mol. The molecule has 0 aliphatic carbocycles. The third-order valence-corrected chi connectivity index (χ3v) is 1.04. The molecule has 7 heteroatoms. The van der Waals surface area contributed by atoms with Gasteiger partial charge in [-0.15, -0.1) is 0 Å². The summed E-state index contributed by atoms with van der Waals surface area (Å²) in [4.78, 5) is 9.97. The van der Waals surface area contributed by atoms with Gasteiger partial charge in [-0.3, -0.25) is 4.79 Å². The van der Waals surface area contributed by atoms with Crippen molar-refractivity contribution < 1.29 is 44.6 Å². The minimum atomic E-state index is -0.911. The van der Waals surface area contributed by atoms with Gasteiger partial charge in [0.1, 0.15) is 0 Å². The predicted octanol–water partition coefficient (Wildman–Crippen LogP) is -5.41. The van der Waals surface area contributed by atoms with E-state index in [2.05, 4.69) is 10.6 Å². The fraction of sp³-hybridized carbons (Fsp3) is 0.667. The summed E-state index contributed by atoms with van der Waals surface area (Å²) < 4.78 is 0. The van der Waals surface area contributed by atoms with Gasteiger partial charge in [-0.05, 0) is 5.90 Å². The van der Waals surface area contributed by atoms with Crippen LogP contribution in [0.25, 0.3) is 0 Å². The Balaban J connectivity index is 0. The van der Waals surface area contributed by atoms with Crippen molar-refractivity contribution in [1.82, 2.24) is 10.6 Å². The number of carbonyl (C=O) groups is 1. The Bertz CT molecular complexity index is 147. The molecule has 0 aromatic heterocycles. The van der Waals surface area contributed by atoms with E-state index in [-0.39, 0.29) is 42.6 Å². The van der Waals surface area contributed by atoms with Crippen molar-refractivity contribution in [2.24, 2.45) is 0 Å². The van der Waals surface area contributed by atoms with Crippen LogP contribution < -0.4 is 45.3 Å². The number of nitrogens with one attached hydrogen (secondary N) is 3. The Morgan fingerprint density at radius 1 is 1.31 bits per heavy atom. The Hall–Kier alpha value is -0.140. The maximum atomic E-state index is 10.1. The summed E-state index contributed by atoms with van der Waals surface area (Å²) in [7, 11) is 0. The van der Waals surface area contributed by atoms with Gasteiger partial charge in [-0.1, -0.05) is 0 Å². The molecular formula is C6H12N3NaO3. The molecular weight excluding hydrogens is 185 g/mol. The van der Waals surface area contributed by atoms with Crippen LogP contribution in [0.5, 0.6) is 0 Å². The zero-order chi connectivity index (χ0) is 9.40. The third kappa shape index (κ3) is 14.7. The first-order valence-corrected chi connectivity index (χ1v) is 3.50. The second-order valence-electron chi connectivity index (χ2n) is 2.17. The molecule has 0 rings (SSSR count). The van der Waals surface area contributed by atoms with Crippen molar-refractivity contribution >= 4 is 11.9 Å². The molecule has 0 aromatic carbocycles. The van der Waals surface area contributed by atoms with E-state index in [1.54, 1.807) is 0 Å². The molecule has 0 saturated carbocycles. The first kappa shape index (κ1) is 15.3. The van der Waals surface area contributed by atoms with Crippen LogP contribution in [0, 0.1) is 5.41 Å². The average molecular weight is 197 g/mol. The quantitative estimate of drug-likeness (QED) is 0.141. The predicted molar refractivity (Wildman–Crippen MR) is 41.1 cm³/mol. The van der Waals surface area contributed by atoms with Gasteiger partial charge in [0, 0.05) is 19.6 Å². The second kappa shape index (κ2) is 9.94. The summed E-state index contributed by atoms with van der Waals surface area (Å²) >= 11 is 0. The van der Waals surface area contributed by atoms with E-state index < -0.39 is 11.9 Å². The number of hydrogen-bond donors (Lipinski definition) is 4. The van der Waals surface area contributed by atoms with E-state index >= 15 is 0 Å². The van der Waals surface area contributed by atoms with E-state index in [9.17, 15) is 9.90 Å². The molecule has 0 radical (unpaired) electrons. The molecule has 0 unspecified atom stereocenters. The molecule has 0 heterocycles. The molecule has 0 bridgehead atoms. The van der Waals surface area contributed by atoms with Crippen molar-refractivity contribution in [1.29, 1.82) is 5.41 Å². The number of aliphatic carboxylic acids is 1. The zero-order valence-electron chi connectivity index (χ0n) is 7.59. The van der Waals surface area contributed by atoms with Gasteiger partial charge in [0.15, 0.2) is 0 Å². The van der Waals surface area contributed by atoms with Crippen molar-refractivity contribution in [2.75, 3.05) is 26.2 Å². The largest absolute Gasteiger partial charge is 1.00 e. The van der Waals surface area contributed by atoms with Crippen molar-refractivity contribution in [2.45, 2.75) is 0 Å². The topological polar surface area (TPSA) is 108 Å². The summed E-state index contributed by atoms with van der Waals surface area (Å²) in [5.41, 5.74) is 0. The fourth-order valence-corrected chi connectivity index (χ4v) is 0.574. The normalized spacial score (nSPS) is 8.92. The minimum absolute atomic E-state index is 0. The van der Waals surface area contributed by atoms with E-state index in [1.807, 2.05) is 0 Å². The van der Waals surface area contributed by atoms with Crippen LogP contribution in [0.4, 0.5) is 0 Å². The molecule has 0 aliphatic heterocycles. The van der Waals surface area contributed by atoms with Crippen LogP contribution in [0.1, 0.15) is 0 Å². The summed E-state index contributed by atoms with van der Waals surface area (Å²) in [5.74, 6) is -1.58. The van der Waals surface area contributed by atoms with Gasteiger partial charge in [-0.2, -0.15) is 0 Å². The van der Waals surface area contributed by atoms with Crippen LogP contribution in [-0.4, -0.2) is 43.2 Å². The van der Waals surface area contributed by atoms with Gasteiger partial charge in [0.05, 0.1) is 6.54 Å². The van der Waals surface area contributed by atoms with Gasteiger partial charge >= 0.3 is 35.5 Å². The first-order valence-electron chi connectivity index (χ1n) is 3.50. The third-order valence-electron chi connectivity index (χ3n) is 1.04. The van der Waals surface area contributed by atoms with Gasteiger partial charge in [0.2, 0.25) is 0 Å². The molecule has 0 spiro atoms. The summed E-state index contributed by atoms with van der Waals surface area (Å²) in [6, 6.07) is 0. The smallest absolute Gasteiger partial charge is 0.861 e. The summed E-state index contributed by atoms with van der Waals surface area (Å²) in [6.45, 7) is 0.878. The van der Waals surface area contributed by atoms with Crippen molar-refractivity contribution in [3.05, 3.63) is 0 Å². The van der Waals surface area contributed by atoms with Crippen molar-refractivity contribution in [3.8, 4) is 0 Å². The molecule has 0 atom stereocenters. The Labute approximate surface area is 98.5 Å². The molecule has 13 heavy (non-hydrogen) atoms. The van der Waals surface area contributed by atoms with Gasteiger partial charge in [-0.25, -0.2) is 0 Å². The van der Waals surface area contributed by atoms with Crippen LogP contribution >= 0.6 is 0 Å². The Morgan fingerprint density at radius 3 is 2.15 bits per heavy atom. The summed E-state index contributed by atoms with van der Waals surface area (Å²) in [5, 5.41) is 30.1. The van der Waals surface area contributed by atoms with Crippen LogP contribution in [0.15, 0.2) is 0 Å². The second-order valence-corrected chi connectivity index (χ2v) is 2.17. The number of hydrogen-bond acceptors (Lipinski definition) is 5. The number of rotatable bonds is 7. The minimum Gasteiger partial charge on any atom is -0.861 e. The van der Waals surface area contributed by atoms with Gasteiger partial charge in [0.25, 0.3) is 0 Å². The van der Waals surface area contributed by atoms with Crippen LogP contribution in [0.2, 0.25) is 0 Å². The molecule has 4 N–H and O–H groups in total. The Morgan fingerprint density at radius 2 is 1.77 bits per heavy atom. The standard InChI is InChI=1S/C6H13N3O3.Na/c7-5(10)3-8-1-2-9-4-6(11)12;/h8-9H,1-4H2,(H2,7,10)(H,11,12);/q;+1/p-1. The molecule has 70 valence electrons. The van der Waals surface area contributed by atoms with E-state index in [0.29, 0.717) is 13.1 Å². The maximum Gasteiger partial charge on any atom is 1.00 e. The van der Waals surface area contributed by atoms with Crippen molar-refractivity contribution in [3.63, 3.8) is 0 Å². The SMILES string of the molecule is N=C([O-])CNCCNCC(=O)O.[Na+]. The molecule has 6 nitrogen and oxygen atoms in total. The first-order chi connectivity index (χ1) is 5.63. The fourth-order valence-electron chi connectivity index (χ4n) is 0.574.